The molecule has 2 aliphatic rings. The predicted octanol–water partition coefficient (Wildman–Crippen LogP) is 2.98. The fourth-order valence-corrected chi connectivity index (χ4v) is 3.55. The van der Waals surface area contributed by atoms with Crippen molar-refractivity contribution in [3.63, 3.8) is 0 Å². The maximum absolute atomic E-state index is 14.1. The minimum Gasteiger partial charge on any atom is -0.380 e. The molecule has 0 saturated heterocycles. The summed E-state index contributed by atoms with van der Waals surface area (Å²) in [6, 6.07) is 0. The van der Waals surface area contributed by atoms with Crippen LogP contribution >= 0.6 is 0 Å². The zero-order valence-corrected chi connectivity index (χ0v) is 10.9. The van der Waals surface area contributed by atoms with Gasteiger partial charge in [-0.2, -0.15) is 0 Å². The fraction of sp³-hybridized carbons (Fsp3) is 0.500. The lowest BCUT2D eigenvalue weighted by Crippen LogP contribution is -2.39. The molecule has 2 bridgehead atoms. The van der Waals surface area contributed by atoms with E-state index in [0.29, 0.717) is 0 Å². The highest BCUT2D eigenvalue weighted by Crippen LogP contribution is 2.55. The Hall–Kier alpha value is -1.43. The van der Waals surface area contributed by atoms with Gasteiger partial charge in [0.2, 0.25) is 0 Å². The molecule has 3 atom stereocenters. The number of rotatable bonds is 1. The van der Waals surface area contributed by atoms with Crippen molar-refractivity contribution >= 4 is 5.78 Å². The van der Waals surface area contributed by atoms with E-state index in [-0.39, 0.29) is 29.8 Å². The fourth-order valence-electron chi connectivity index (χ4n) is 3.55. The van der Waals surface area contributed by atoms with Crippen LogP contribution in [0.3, 0.4) is 0 Å². The second-order valence-electron chi connectivity index (χ2n) is 5.59. The molecule has 20 heavy (non-hydrogen) atoms. The van der Waals surface area contributed by atoms with Gasteiger partial charge < -0.3 is 4.74 Å². The number of Topliss-reactive ketones (excluding diaryl/α,β-unsaturated/α-hetero) is 1. The molecule has 6 heteroatoms. The Labute approximate surface area is 112 Å². The maximum atomic E-state index is 14.1. The van der Waals surface area contributed by atoms with E-state index >= 15 is 0 Å². The van der Waals surface area contributed by atoms with Crippen LogP contribution in [0.1, 0.15) is 36.8 Å². The van der Waals surface area contributed by atoms with Crippen molar-refractivity contribution in [2.24, 2.45) is 0 Å². The van der Waals surface area contributed by atoms with Gasteiger partial charge in [0, 0.05) is 30.6 Å². The van der Waals surface area contributed by atoms with Gasteiger partial charge in [0.25, 0.3) is 0 Å². The summed E-state index contributed by atoms with van der Waals surface area (Å²) in [5, 5.41) is 0. The first-order chi connectivity index (χ1) is 9.32. The van der Waals surface area contributed by atoms with Crippen LogP contribution in [-0.4, -0.2) is 19.0 Å². The lowest BCUT2D eigenvalue weighted by atomic mass is 9.72. The Bertz CT molecular complexity index is 628. The number of fused-ring (bicyclic) bond motifs is 5. The zero-order chi connectivity index (χ0) is 14.8. The quantitative estimate of drug-likeness (QED) is 0.451. The van der Waals surface area contributed by atoms with Gasteiger partial charge in [-0.15, -0.1) is 0 Å². The van der Waals surface area contributed by atoms with Crippen LogP contribution in [0.4, 0.5) is 17.6 Å². The minimum atomic E-state index is -1.86. The van der Waals surface area contributed by atoms with Crippen molar-refractivity contribution in [2.45, 2.75) is 37.2 Å². The number of hydrogen-bond donors (Lipinski definition) is 0. The SMILES string of the molecule is CO[C@@H]1CC(=O)[C@@]2(C)C[C@@H]1c1c(F)c(F)c(F)c(F)c12. The first kappa shape index (κ1) is 13.5. The van der Waals surface area contributed by atoms with Crippen molar-refractivity contribution in [3.05, 3.63) is 34.4 Å². The monoisotopic (exact) mass is 288 g/mol. The third kappa shape index (κ3) is 1.40. The highest BCUT2D eigenvalue weighted by atomic mass is 19.2. The molecule has 3 rings (SSSR count). The van der Waals surface area contributed by atoms with Crippen molar-refractivity contribution in [2.75, 3.05) is 7.11 Å². The second kappa shape index (κ2) is 4.04. The first-order valence-corrected chi connectivity index (χ1v) is 6.25. The molecular weight excluding hydrogens is 276 g/mol. The van der Waals surface area contributed by atoms with Gasteiger partial charge in [-0.25, -0.2) is 17.6 Å². The topological polar surface area (TPSA) is 26.3 Å². The number of ether oxygens (including phenoxy) is 1. The van der Waals surface area contributed by atoms with Crippen molar-refractivity contribution in [1.82, 2.24) is 0 Å². The normalized spacial score (nSPS) is 31.6. The van der Waals surface area contributed by atoms with Crippen LogP contribution in [0.25, 0.3) is 0 Å². The molecule has 0 amide bonds. The van der Waals surface area contributed by atoms with E-state index in [9.17, 15) is 22.4 Å². The van der Waals surface area contributed by atoms with Gasteiger partial charge in [-0.05, 0) is 13.3 Å². The Morgan fingerprint density at radius 3 is 2.30 bits per heavy atom. The van der Waals surface area contributed by atoms with E-state index in [1.54, 1.807) is 0 Å². The summed E-state index contributed by atoms with van der Waals surface area (Å²) < 4.78 is 60.1. The molecule has 0 spiro atoms. The van der Waals surface area contributed by atoms with E-state index in [0.717, 1.165) is 0 Å². The Kier molecular flexibility index (Phi) is 2.73. The number of carbonyl (C=O) groups excluding carboxylic acids is 1. The molecule has 0 heterocycles. The van der Waals surface area contributed by atoms with Crippen molar-refractivity contribution in [1.29, 1.82) is 0 Å². The first-order valence-electron chi connectivity index (χ1n) is 6.25. The van der Waals surface area contributed by atoms with E-state index in [2.05, 4.69) is 0 Å². The number of ketones is 1. The van der Waals surface area contributed by atoms with Crippen LogP contribution in [-0.2, 0) is 14.9 Å². The smallest absolute Gasteiger partial charge is 0.197 e. The second-order valence-corrected chi connectivity index (χ2v) is 5.59. The summed E-state index contributed by atoms with van der Waals surface area (Å²) in [6.07, 6.45) is -0.555. The molecule has 0 aliphatic heterocycles. The van der Waals surface area contributed by atoms with Crippen LogP contribution in [0.15, 0.2) is 0 Å². The average Bonchev–Trinajstić information content (AvgIpc) is 2.70. The Balaban J connectivity index is 2.36. The molecule has 0 N–H and O–H groups in total. The van der Waals surface area contributed by atoms with Crippen LogP contribution in [0, 0.1) is 23.3 Å². The number of methoxy groups -OCH3 is 1. The molecule has 2 aliphatic carbocycles. The van der Waals surface area contributed by atoms with Gasteiger partial charge in [0.1, 0.15) is 5.78 Å². The maximum Gasteiger partial charge on any atom is 0.197 e. The molecule has 0 unspecified atom stereocenters. The molecule has 0 aromatic heterocycles. The molecule has 1 aromatic carbocycles. The van der Waals surface area contributed by atoms with Gasteiger partial charge in [-0.3, -0.25) is 4.79 Å². The van der Waals surface area contributed by atoms with Crippen molar-refractivity contribution < 1.29 is 27.1 Å². The highest BCUT2D eigenvalue weighted by molar-refractivity contribution is 5.93. The average molecular weight is 288 g/mol. The van der Waals surface area contributed by atoms with Gasteiger partial charge >= 0.3 is 0 Å². The van der Waals surface area contributed by atoms with Crippen LogP contribution in [0.2, 0.25) is 0 Å². The molecule has 0 radical (unpaired) electrons. The van der Waals surface area contributed by atoms with Gasteiger partial charge in [-0.1, -0.05) is 0 Å². The molecule has 108 valence electrons. The van der Waals surface area contributed by atoms with Gasteiger partial charge in [0.05, 0.1) is 11.5 Å². The largest absolute Gasteiger partial charge is 0.380 e. The Morgan fingerprint density at radius 2 is 1.70 bits per heavy atom. The summed E-state index contributed by atoms with van der Waals surface area (Å²) in [4.78, 5) is 12.2. The zero-order valence-electron chi connectivity index (χ0n) is 10.9. The summed E-state index contributed by atoms with van der Waals surface area (Å²) in [5.74, 6) is -7.55. The number of carbonyl (C=O) groups is 1. The molecule has 1 saturated carbocycles. The third-order valence-corrected chi connectivity index (χ3v) is 4.61. The number of benzene rings is 1. The van der Waals surface area contributed by atoms with E-state index in [4.69, 9.17) is 4.74 Å². The molecule has 2 nitrogen and oxygen atoms in total. The number of halogens is 4. The standard InChI is InChI=1S/C14H12F4O2/c1-14-4-5(6(20-2)3-7(14)19)8-9(14)11(16)13(18)12(17)10(8)15/h5-6H,3-4H2,1-2H3/t5-,6+,14+/m0/s1. The van der Waals surface area contributed by atoms with Gasteiger partial charge in [0.15, 0.2) is 23.3 Å². The molecule has 1 aromatic rings. The van der Waals surface area contributed by atoms with E-state index in [1.807, 2.05) is 0 Å². The summed E-state index contributed by atoms with van der Waals surface area (Å²) in [7, 11) is 1.35. The lowest BCUT2D eigenvalue weighted by molar-refractivity contribution is -0.130. The number of hydrogen-bond acceptors (Lipinski definition) is 2. The lowest BCUT2D eigenvalue weighted by Gasteiger charge is -2.33. The summed E-state index contributed by atoms with van der Waals surface area (Å²) >= 11 is 0. The highest BCUT2D eigenvalue weighted by Gasteiger charge is 2.56. The van der Waals surface area contributed by atoms with Crippen LogP contribution < -0.4 is 0 Å². The van der Waals surface area contributed by atoms with Crippen molar-refractivity contribution in [3.8, 4) is 0 Å². The summed E-state index contributed by atoms with van der Waals surface area (Å²) in [6.45, 7) is 1.44. The predicted molar refractivity (Wildman–Crippen MR) is 61.4 cm³/mol. The molecule has 1 fully saturated rings. The van der Waals surface area contributed by atoms with E-state index in [1.165, 1.54) is 14.0 Å². The molecular formula is C14H12F4O2. The third-order valence-electron chi connectivity index (χ3n) is 4.61. The van der Waals surface area contributed by atoms with Crippen LogP contribution in [0.5, 0.6) is 0 Å². The Morgan fingerprint density at radius 1 is 1.10 bits per heavy atom. The minimum absolute atomic E-state index is 0.0194. The summed E-state index contributed by atoms with van der Waals surface area (Å²) in [5.41, 5.74) is -1.90. The van der Waals surface area contributed by atoms with E-state index < -0.39 is 40.7 Å².